The quantitative estimate of drug-likeness (QED) is 0.682. The van der Waals surface area contributed by atoms with Gasteiger partial charge in [0.25, 0.3) is 0 Å². The Morgan fingerprint density at radius 1 is 0.880 bits per heavy atom. The minimum atomic E-state index is -4.47. The Morgan fingerprint density at radius 3 is 2.12 bits per heavy atom. The van der Waals surface area contributed by atoms with Crippen LogP contribution in [0.1, 0.15) is 5.56 Å². The SMILES string of the molecule is CS(=O)(=O)c1ccc(-n2cccc2-c2ccccc2C(F)(F)F)cc1. The van der Waals surface area contributed by atoms with E-state index in [4.69, 9.17) is 0 Å². The summed E-state index contributed by atoms with van der Waals surface area (Å²) < 4.78 is 64.5. The highest BCUT2D eigenvalue weighted by Gasteiger charge is 2.33. The molecule has 1 heterocycles. The van der Waals surface area contributed by atoms with Crippen LogP contribution in [-0.2, 0) is 16.0 Å². The maximum atomic E-state index is 13.3. The average Bonchev–Trinajstić information content (AvgIpc) is 3.03. The fourth-order valence-electron chi connectivity index (χ4n) is 2.63. The molecule has 3 rings (SSSR count). The number of halogens is 3. The van der Waals surface area contributed by atoms with Crippen molar-refractivity contribution in [3.8, 4) is 16.9 Å². The summed E-state index contributed by atoms with van der Waals surface area (Å²) in [6, 6.07) is 14.6. The monoisotopic (exact) mass is 365 g/mol. The number of benzene rings is 2. The van der Waals surface area contributed by atoms with Crippen molar-refractivity contribution in [3.63, 3.8) is 0 Å². The van der Waals surface area contributed by atoms with E-state index in [2.05, 4.69) is 0 Å². The molecule has 0 saturated carbocycles. The van der Waals surface area contributed by atoms with Crippen molar-refractivity contribution in [2.24, 2.45) is 0 Å². The first-order valence-corrected chi connectivity index (χ1v) is 9.21. The van der Waals surface area contributed by atoms with E-state index in [1.807, 2.05) is 0 Å². The zero-order valence-electron chi connectivity index (χ0n) is 13.2. The molecule has 0 unspecified atom stereocenters. The highest BCUT2D eigenvalue weighted by molar-refractivity contribution is 7.90. The number of nitrogens with zero attached hydrogens (tertiary/aromatic N) is 1. The van der Waals surface area contributed by atoms with Gasteiger partial charge in [-0.1, -0.05) is 18.2 Å². The summed E-state index contributed by atoms with van der Waals surface area (Å²) in [4.78, 5) is 0.153. The van der Waals surface area contributed by atoms with Crippen molar-refractivity contribution in [1.29, 1.82) is 0 Å². The van der Waals surface area contributed by atoms with E-state index in [-0.39, 0.29) is 10.5 Å². The van der Waals surface area contributed by atoms with Gasteiger partial charge in [0.2, 0.25) is 0 Å². The van der Waals surface area contributed by atoms with Crippen molar-refractivity contribution >= 4 is 9.84 Å². The number of sulfone groups is 1. The van der Waals surface area contributed by atoms with Crippen LogP contribution in [0.25, 0.3) is 16.9 Å². The molecule has 130 valence electrons. The summed E-state index contributed by atoms with van der Waals surface area (Å²) >= 11 is 0. The molecule has 0 saturated heterocycles. The zero-order valence-corrected chi connectivity index (χ0v) is 14.0. The lowest BCUT2D eigenvalue weighted by Gasteiger charge is -2.15. The van der Waals surface area contributed by atoms with E-state index >= 15 is 0 Å². The second kappa shape index (κ2) is 6.07. The fourth-order valence-corrected chi connectivity index (χ4v) is 3.26. The first kappa shape index (κ1) is 17.3. The highest BCUT2D eigenvalue weighted by Crippen LogP contribution is 2.37. The molecule has 7 heteroatoms. The van der Waals surface area contributed by atoms with Gasteiger partial charge in [0.1, 0.15) is 0 Å². The molecule has 0 amide bonds. The van der Waals surface area contributed by atoms with E-state index in [0.29, 0.717) is 11.4 Å². The van der Waals surface area contributed by atoms with Crippen LogP contribution >= 0.6 is 0 Å². The Morgan fingerprint density at radius 2 is 1.52 bits per heavy atom. The lowest BCUT2D eigenvalue weighted by atomic mass is 10.0. The molecule has 2 aromatic carbocycles. The number of alkyl halides is 3. The van der Waals surface area contributed by atoms with Crippen LogP contribution in [0.4, 0.5) is 13.2 Å². The van der Waals surface area contributed by atoms with E-state index in [9.17, 15) is 21.6 Å². The summed E-state index contributed by atoms with van der Waals surface area (Å²) in [5.74, 6) is 0. The first-order chi connectivity index (χ1) is 11.7. The predicted octanol–water partition coefficient (Wildman–Crippen LogP) is 4.57. The Labute approximate surface area is 143 Å². The van der Waals surface area contributed by atoms with Crippen LogP contribution in [0.5, 0.6) is 0 Å². The third-order valence-electron chi connectivity index (χ3n) is 3.80. The van der Waals surface area contributed by atoms with Gasteiger partial charge in [-0.3, -0.25) is 0 Å². The minimum absolute atomic E-state index is 0.0622. The maximum Gasteiger partial charge on any atom is 0.417 e. The van der Waals surface area contributed by atoms with Gasteiger partial charge in [0.15, 0.2) is 9.84 Å². The third kappa shape index (κ3) is 3.46. The summed E-state index contributed by atoms with van der Waals surface area (Å²) in [7, 11) is -3.33. The molecule has 0 aliphatic rings. The molecule has 0 radical (unpaired) electrons. The lowest BCUT2D eigenvalue weighted by Crippen LogP contribution is -2.08. The van der Waals surface area contributed by atoms with Crippen LogP contribution in [0.3, 0.4) is 0 Å². The van der Waals surface area contributed by atoms with Gasteiger partial charge < -0.3 is 4.57 Å². The molecule has 0 atom stereocenters. The molecule has 0 fully saturated rings. The molecule has 0 bridgehead atoms. The first-order valence-electron chi connectivity index (χ1n) is 7.32. The van der Waals surface area contributed by atoms with Crippen molar-refractivity contribution in [2.75, 3.05) is 6.26 Å². The third-order valence-corrected chi connectivity index (χ3v) is 4.93. The second-order valence-corrected chi connectivity index (χ2v) is 7.59. The van der Waals surface area contributed by atoms with Crippen LogP contribution in [0.15, 0.2) is 71.8 Å². The molecule has 25 heavy (non-hydrogen) atoms. The molecule has 1 aromatic heterocycles. The number of hydrogen-bond donors (Lipinski definition) is 0. The molecule has 0 spiro atoms. The molecule has 0 N–H and O–H groups in total. The number of aromatic nitrogens is 1. The van der Waals surface area contributed by atoms with Crippen molar-refractivity contribution in [2.45, 2.75) is 11.1 Å². The Bertz CT molecular complexity index is 1000. The van der Waals surface area contributed by atoms with Crippen LogP contribution in [-0.4, -0.2) is 19.2 Å². The Kier molecular flexibility index (Phi) is 4.20. The van der Waals surface area contributed by atoms with E-state index in [1.165, 1.54) is 24.3 Å². The van der Waals surface area contributed by atoms with Gasteiger partial charge >= 0.3 is 6.18 Å². The minimum Gasteiger partial charge on any atom is -0.317 e. The normalized spacial score (nSPS) is 12.3. The van der Waals surface area contributed by atoms with Gasteiger partial charge in [0, 0.05) is 23.7 Å². The lowest BCUT2D eigenvalue weighted by molar-refractivity contribution is -0.137. The standard InChI is InChI=1S/C18H14F3NO2S/c1-25(23,24)14-10-8-13(9-11-14)22-12-4-7-17(22)15-5-2-3-6-16(15)18(19,20)21/h2-12H,1H3. The van der Waals surface area contributed by atoms with Crippen molar-refractivity contribution in [1.82, 2.24) is 4.57 Å². The largest absolute Gasteiger partial charge is 0.417 e. The average molecular weight is 365 g/mol. The van der Waals surface area contributed by atoms with Gasteiger partial charge in [-0.2, -0.15) is 13.2 Å². The van der Waals surface area contributed by atoms with Gasteiger partial charge in [-0.05, 0) is 42.5 Å². The zero-order chi connectivity index (χ0) is 18.2. The number of rotatable bonds is 3. The smallest absolute Gasteiger partial charge is 0.317 e. The molecule has 3 nitrogen and oxygen atoms in total. The summed E-state index contributed by atoms with van der Waals surface area (Å²) in [5, 5.41) is 0. The van der Waals surface area contributed by atoms with E-state index in [0.717, 1.165) is 12.3 Å². The number of hydrogen-bond acceptors (Lipinski definition) is 2. The van der Waals surface area contributed by atoms with E-state index in [1.54, 1.807) is 41.1 Å². The topological polar surface area (TPSA) is 39.1 Å². The summed E-state index contributed by atoms with van der Waals surface area (Å²) in [5.41, 5.74) is 0.291. The molecule has 0 aliphatic carbocycles. The molecule has 3 aromatic rings. The Balaban J connectivity index is 2.12. The molecule has 0 aliphatic heterocycles. The molecular weight excluding hydrogens is 351 g/mol. The van der Waals surface area contributed by atoms with Crippen LogP contribution in [0.2, 0.25) is 0 Å². The Hall–Kier alpha value is -2.54. The van der Waals surface area contributed by atoms with Crippen LogP contribution in [0, 0.1) is 0 Å². The van der Waals surface area contributed by atoms with Gasteiger partial charge in [0.05, 0.1) is 16.2 Å². The second-order valence-electron chi connectivity index (χ2n) is 5.57. The van der Waals surface area contributed by atoms with Gasteiger partial charge in [-0.15, -0.1) is 0 Å². The van der Waals surface area contributed by atoms with Crippen LogP contribution < -0.4 is 0 Å². The fraction of sp³-hybridized carbons (Fsp3) is 0.111. The van der Waals surface area contributed by atoms with Crippen molar-refractivity contribution in [3.05, 3.63) is 72.4 Å². The summed E-state index contributed by atoms with van der Waals surface area (Å²) in [6.45, 7) is 0. The maximum absolute atomic E-state index is 13.3. The highest BCUT2D eigenvalue weighted by atomic mass is 32.2. The van der Waals surface area contributed by atoms with Gasteiger partial charge in [-0.25, -0.2) is 8.42 Å². The predicted molar refractivity (Wildman–Crippen MR) is 89.3 cm³/mol. The van der Waals surface area contributed by atoms with E-state index < -0.39 is 21.6 Å². The summed E-state index contributed by atoms with van der Waals surface area (Å²) in [6.07, 6.45) is -1.73. The van der Waals surface area contributed by atoms with Crippen molar-refractivity contribution < 1.29 is 21.6 Å². The molecular formula is C18H14F3NO2S.